The summed E-state index contributed by atoms with van der Waals surface area (Å²) in [7, 11) is 0. The van der Waals surface area contributed by atoms with Gasteiger partial charge < -0.3 is 4.52 Å². The van der Waals surface area contributed by atoms with Crippen LogP contribution in [-0.2, 0) is 5.41 Å². The van der Waals surface area contributed by atoms with Gasteiger partial charge >= 0.3 is 0 Å². The van der Waals surface area contributed by atoms with E-state index in [4.69, 9.17) is 4.52 Å². The van der Waals surface area contributed by atoms with Crippen LogP contribution in [-0.4, -0.2) is 47.8 Å². The fourth-order valence-electron chi connectivity index (χ4n) is 1.47. The van der Waals surface area contributed by atoms with E-state index in [2.05, 4.69) is 78.6 Å². The molecule has 0 amide bonds. The van der Waals surface area contributed by atoms with Crippen LogP contribution in [0.2, 0.25) is 0 Å². The minimum atomic E-state index is -0.0174. The van der Waals surface area contributed by atoms with Gasteiger partial charge in [-0.15, -0.1) is 0 Å². The molecule has 7 nitrogen and oxygen atoms in total. The summed E-state index contributed by atoms with van der Waals surface area (Å²) < 4.78 is 4.84. The average Bonchev–Trinajstić information content (AvgIpc) is 3.28. The van der Waals surface area contributed by atoms with Gasteiger partial charge in [-0.3, -0.25) is 9.98 Å². The number of rotatable bonds is 0. The van der Waals surface area contributed by atoms with Crippen molar-refractivity contribution < 1.29 is 4.52 Å². The largest absolute Gasteiger partial charge is 0.339 e. The minimum Gasteiger partial charge on any atom is -0.339 e. The molecule has 0 bridgehead atoms. The Morgan fingerprint density at radius 3 is 1.61 bits per heavy atom. The second kappa shape index (κ2) is 11.6. The van der Waals surface area contributed by atoms with E-state index in [1.807, 2.05) is 27.0 Å². The van der Waals surface area contributed by atoms with Gasteiger partial charge in [0.25, 0.3) is 0 Å². The van der Waals surface area contributed by atoms with Crippen molar-refractivity contribution in [2.75, 3.05) is 13.1 Å². The van der Waals surface area contributed by atoms with Crippen molar-refractivity contribution in [1.29, 1.82) is 0 Å². The molecule has 0 atom stereocenters. The van der Waals surface area contributed by atoms with E-state index in [1.54, 1.807) is 12.6 Å². The normalized spacial score (nSPS) is 15.0. The Morgan fingerprint density at radius 2 is 1.43 bits per heavy atom. The molecule has 0 aromatic carbocycles. The molecule has 0 N–H and O–H groups in total. The number of amidine groups is 1. The highest BCUT2D eigenvalue weighted by Gasteiger charge is 2.19. The summed E-state index contributed by atoms with van der Waals surface area (Å²) in [4.78, 5) is 19.6. The van der Waals surface area contributed by atoms with Crippen LogP contribution in [0.4, 0.5) is 0 Å². The Labute approximate surface area is 170 Å². The fourth-order valence-corrected chi connectivity index (χ4v) is 1.47. The maximum absolute atomic E-state index is 4.84. The minimum absolute atomic E-state index is 0.0174. The number of hydrogen-bond donors (Lipinski definition) is 0. The molecule has 0 saturated heterocycles. The molecular weight excluding hydrogens is 352 g/mol. The lowest BCUT2D eigenvalue weighted by Crippen LogP contribution is -2.16. The molecule has 158 valence electrons. The van der Waals surface area contributed by atoms with Gasteiger partial charge in [0.05, 0.1) is 13.1 Å². The van der Waals surface area contributed by atoms with Gasteiger partial charge in [0.1, 0.15) is 12.2 Å². The molecular formula is C21H38N6O. The Kier molecular flexibility index (Phi) is 10.7. The molecule has 0 saturated carbocycles. The van der Waals surface area contributed by atoms with Gasteiger partial charge in [0, 0.05) is 23.3 Å². The van der Waals surface area contributed by atoms with Crippen LogP contribution in [0, 0.1) is 10.8 Å². The van der Waals surface area contributed by atoms with E-state index in [9.17, 15) is 0 Å². The van der Waals surface area contributed by atoms with Crippen molar-refractivity contribution in [1.82, 2.24) is 10.1 Å². The Balaban J connectivity index is 0.000000361. The lowest BCUT2D eigenvalue weighted by molar-refractivity contribution is 0.320. The first-order valence-electron chi connectivity index (χ1n) is 9.56. The van der Waals surface area contributed by atoms with Crippen LogP contribution >= 0.6 is 0 Å². The number of nitrogens with zero attached hydrogens (tertiary/aromatic N) is 6. The lowest BCUT2D eigenvalue weighted by atomic mass is 9.95. The van der Waals surface area contributed by atoms with Gasteiger partial charge in [-0.2, -0.15) is 4.98 Å². The van der Waals surface area contributed by atoms with Gasteiger partial charge in [-0.1, -0.05) is 74.4 Å². The average molecular weight is 391 g/mol. The van der Waals surface area contributed by atoms with Crippen molar-refractivity contribution in [3.63, 3.8) is 0 Å². The monoisotopic (exact) mass is 390 g/mol. The topological polar surface area (TPSA) is 88.4 Å². The second-order valence-corrected chi connectivity index (χ2v) is 10.0. The second-order valence-electron chi connectivity index (χ2n) is 10.0. The first kappa shape index (κ1) is 25.8. The van der Waals surface area contributed by atoms with Crippen LogP contribution in [0.3, 0.4) is 0 Å². The quantitative estimate of drug-likeness (QED) is 0.622. The Bertz CT molecular complexity index is 635. The van der Waals surface area contributed by atoms with Crippen LogP contribution in [0.15, 0.2) is 30.8 Å². The van der Waals surface area contributed by atoms with Crippen LogP contribution in [0.1, 0.15) is 75.1 Å². The molecule has 7 heteroatoms. The first-order valence-corrected chi connectivity index (χ1v) is 9.56. The third kappa shape index (κ3) is 14.9. The maximum atomic E-state index is 4.84. The fraction of sp³-hybridized carbons (Fsp3) is 0.714. The molecule has 1 aromatic heterocycles. The summed E-state index contributed by atoms with van der Waals surface area (Å²) in [6, 6.07) is 0. The zero-order chi connectivity index (χ0) is 21.8. The highest BCUT2D eigenvalue weighted by atomic mass is 16.5. The van der Waals surface area contributed by atoms with Gasteiger partial charge in [-0.05, 0) is 5.41 Å². The van der Waals surface area contributed by atoms with Crippen molar-refractivity contribution in [2.45, 2.75) is 74.7 Å². The Hall–Kier alpha value is -2.18. The summed E-state index contributed by atoms with van der Waals surface area (Å²) in [5.74, 6) is 1.66. The van der Waals surface area contributed by atoms with E-state index in [0.29, 0.717) is 11.3 Å². The van der Waals surface area contributed by atoms with Crippen molar-refractivity contribution in [3.8, 4) is 0 Å². The smallest absolute Gasteiger partial charge is 0.231 e. The molecule has 0 unspecified atom stereocenters. The zero-order valence-electron chi connectivity index (χ0n) is 19.3. The summed E-state index contributed by atoms with van der Waals surface area (Å²) in [5.41, 5.74) is 0.615. The number of aliphatic imine (C=N–C) groups is 4. The summed E-state index contributed by atoms with van der Waals surface area (Å²) in [6.45, 7) is 22.7. The summed E-state index contributed by atoms with van der Waals surface area (Å²) in [6.07, 6.45) is 6.58. The van der Waals surface area contributed by atoms with Crippen LogP contribution in [0.25, 0.3) is 0 Å². The lowest BCUT2D eigenvalue weighted by Gasteiger charge is -2.14. The van der Waals surface area contributed by atoms with E-state index < -0.39 is 0 Å². The Morgan fingerprint density at radius 1 is 0.821 bits per heavy atom. The van der Waals surface area contributed by atoms with Crippen molar-refractivity contribution >= 4 is 24.6 Å². The van der Waals surface area contributed by atoms with Gasteiger partial charge in [0.15, 0.2) is 6.33 Å². The molecule has 0 aliphatic carbocycles. The third-order valence-electron chi connectivity index (χ3n) is 2.65. The summed E-state index contributed by atoms with van der Waals surface area (Å²) >= 11 is 0. The van der Waals surface area contributed by atoms with E-state index in [0.717, 1.165) is 18.9 Å². The van der Waals surface area contributed by atoms with E-state index in [1.165, 1.54) is 6.33 Å². The predicted molar refractivity (Wildman–Crippen MR) is 120 cm³/mol. The van der Waals surface area contributed by atoms with Crippen molar-refractivity contribution in [2.24, 2.45) is 30.8 Å². The van der Waals surface area contributed by atoms with Gasteiger partial charge in [0.2, 0.25) is 5.89 Å². The van der Waals surface area contributed by atoms with Crippen LogP contribution < -0.4 is 0 Å². The molecule has 28 heavy (non-hydrogen) atoms. The van der Waals surface area contributed by atoms with Gasteiger partial charge in [-0.25, -0.2) is 9.98 Å². The highest BCUT2D eigenvalue weighted by molar-refractivity contribution is 5.97. The SMILES string of the molecule is C1=NC=NC1.CC(C)(C)C.CC(C)(C)C1=NCC=N1.CC(C)(C)c1ncno1. The first-order chi connectivity index (χ1) is 12.7. The predicted octanol–water partition coefficient (Wildman–Crippen LogP) is 5.03. The number of aromatic nitrogens is 2. The molecule has 0 fully saturated rings. The highest BCUT2D eigenvalue weighted by Crippen LogP contribution is 2.18. The summed E-state index contributed by atoms with van der Waals surface area (Å²) in [5, 5.41) is 3.50. The standard InChI is InChI=1S/C7H12N2.C6H10N2O.C5H12.C3H4N2/c1-7(2,3)6-8-4-5-9-6;1-6(2,3)5-7-4-8-9-5;1-5(2,3)4;1-2-5-3-4-1/h4H,5H2,1-3H3;4H,1-3H3;1-4H3;1,3H,2H2. The van der Waals surface area contributed by atoms with E-state index >= 15 is 0 Å². The molecule has 2 aliphatic rings. The third-order valence-corrected chi connectivity index (χ3v) is 2.65. The molecule has 0 spiro atoms. The molecule has 3 rings (SSSR count). The number of hydrogen-bond acceptors (Lipinski definition) is 7. The zero-order valence-corrected chi connectivity index (χ0v) is 19.3. The van der Waals surface area contributed by atoms with Crippen molar-refractivity contribution in [3.05, 3.63) is 12.2 Å². The van der Waals surface area contributed by atoms with Crippen LogP contribution in [0.5, 0.6) is 0 Å². The maximum Gasteiger partial charge on any atom is 0.231 e. The molecule has 3 heterocycles. The van der Waals surface area contributed by atoms with E-state index in [-0.39, 0.29) is 10.8 Å². The molecule has 1 aromatic rings. The molecule has 2 aliphatic heterocycles. The molecule has 0 radical (unpaired) electrons.